The Morgan fingerprint density at radius 3 is 2.51 bits per heavy atom. The van der Waals surface area contributed by atoms with E-state index in [4.69, 9.17) is 16.3 Å². The number of amides is 1. The normalized spacial score (nSPS) is 17.6. The van der Waals surface area contributed by atoms with E-state index in [1.807, 2.05) is 61.2 Å². The Labute approximate surface area is 233 Å². The third-order valence-corrected chi connectivity index (χ3v) is 7.18. The van der Waals surface area contributed by atoms with Crippen molar-refractivity contribution in [3.63, 3.8) is 0 Å². The van der Waals surface area contributed by atoms with Crippen molar-refractivity contribution in [3.05, 3.63) is 83.1 Å². The summed E-state index contributed by atoms with van der Waals surface area (Å²) in [5, 5.41) is 13.9. The quantitative estimate of drug-likeness (QED) is 0.331. The Bertz CT molecular complexity index is 1430. The monoisotopic (exact) mass is 545 g/mol. The largest absolute Gasteiger partial charge is 0.487 e. The summed E-state index contributed by atoms with van der Waals surface area (Å²) < 4.78 is 6.74. The molecule has 2 aromatic carbocycles. The first kappa shape index (κ1) is 26.8. The number of carbonyl (C=O) groups is 1. The number of benzene rings is 2. The van der Waals surface area contributed by atoms with Gasteiger partial charge in [-0.25, -0.2) is 0 Å². The van der Waals surface area contributed by atoms with Crippen LogP contribution >= 0.6 is 11.6 Å². The number of aromatic nitrogens is 5. The Morgan fingerprint density at radius 2 is 1.79 bits per heavy atom. The molecule has 10 heteroatoms. The van der Waals surface area contributed by atoms with E-state index in [1.165, 1.54) is 4.80 Å². The van der Waals surface area contributed by atoms with Crippen molar-refractivity contribution in [2.75, 3.05) is 20.1 Å². The van der Waals surface area contributed by atoms with E-state index >= 15 is 0 Å². The molecule has 0 spiro atoms. The van der Waals surface area contributed by atoms with E-state index in [-0.39, 0.29) is 24.0 Å². The van der Waals surface area contributed by atoms with E-state index in [2.05, 4.69) is 39.3 Å². The first-order valence-electron chi connectivity index (χ1n) is 13.0. The van der Waals surface area contributed by atoms with Crippen molar-refractivity contribution in [2.24, 2.45) is 5.92 Å². The van der Waals surface area contributed by atoms with Crippen LogP contribution in [0.25, 0.3) is 17.1 Å². The molecule has 1 unspecified atom stereocenters. The topological polar surface area (TPSA) is 89.3 Å². The van der Waals surface area contributed by atoms with E-state index in [9.17, 15) is 4.79 Å². The SMILES string of the molecule is CC(C)N1C[C@H](C)C(CN(C)Cc2ccc(Cl)cc2)Oc2c(cccc2-c2nnn(-c3ccncc3)n2)C1=O. The number of likely N-dealkylation sites (N-methyl/N-ethyl adjacent to an activating group) is 1. The first-order chi connectivity index (χ1) is 18.8. The lowest BCUT2D eigenvalue weighted by Gasteiger charge is -2.38. The maximum atomic E-state index is 13.7. The molecule has 0 N–H and O–H groups in total. The van der Waals surface area contributed by atoms with Crippen LogP contribution in [0.15, 0.2) is 67.0 Å². The van der Waals surface area contributed by atoms with Crippen LogP contribution in [0.5, 0.6) is 5.75 Å². The second-order valence-corrected chi connectivity index (χ2v) is 10.7. The van der Waals surface area contributed by atoms with Crippen LogP contribution in [0, 0.1) is 5.92 Å². The van der Waals surface area contributed by atoms with Gasteiger partial charge < -0.3 is 9.64 Å². The Hall–Kier alpha value is -3.82. The standard InChI is InChI=1S/C29H32ClN7O2/c1-19(2)36-16-20(3)26(18-35(4)17-21-8-10-22(30)11-9-21)39-27-24(6-5-7-25(27)29(36)38)28-32-34-37(33-28)23-12-14-31-15-13-23/h5-15,19-20,26H,16-18H2,1-4H3/t20-,26?/m0/s1. The predicted molar refractivity (Wildman–Crippen MR) is 150 cm³/mol. The highest BCUT2D eigenvalue weighted by Gasteiger charge is 2.34. The molecule has 1 amide bonds. The van der Waals surface area contributed by atoms with Crippen molar-refractivity contribution in [2.45, 2.75) is 39.5 Å². The molecule has 0 aliphatic carbocycles. The van der Waals surface area contributed by atoms with Crippen molar-refractivity contribution >= 4 is 17.5 Å². The molecule has 4 aromatic rings. The molecule has 9 nitrogen and oxygen atoms in total. The lowest BCUT2D eigenvalue weighted by atomic mass is 9.98. The van der Waals surface area contributed by atoms with E-state index in [1.54, 1.807) is 24.5 Å². The molecule has 202 valence electrons. The summed E-state index contributed by atoms with van der Waals surface area (Å²) in [5.41, 5.74) is 3.03. The summed E-state index contributed by atoms with van der Waals surface area (Å²) in [4.78, 5) is 23.4. The highest BCUT2D eigenvalue weighted by atomic mass is 35.5. The number of pyridine rings is 1. The molecule has 0 saturated heterocycles. The van der Waals surface area contributed by atoms with Crippen molar-refractivity contribution in [1.82, 2.24) is 35.0 Å². The lowest BCUT2D eigenvalue weighted by molar-refractivity contribution is 0.0433. The Kier molecular flexibility index (Phi) is 7.90. The van der Waals surface area contributed by atoms with Gasteiger partial charge in [0.15, 0.2) is 0 Å². The fourth-order valence-electron chi connectivity index (χ4n) is 4.79. The second kappa shape index (κ2) is 11.5. The zero-order valence-corrected chi connectivity index (χ0v) is 23.3. The number of hydrogen-bond donors (Lipinski definition) is 0. The number of nitrogens with zero attached hydrogens (tertiary/aromatic N) is 7. The van der Waals surface area contributed by atoms with E-state index in [0.717, 1.165) is 22.8 Å². The van der Waals surface area contributed by atoms with E-state index < -0.39 is 0 Å². The molecule has 2 aromatic heterocycles. The van der Waals surface area contributed by atoms with Gasteiger partial charge in [0.2, 0.25) is 5.82 Å². The fourth-order valence-corrected chi connectivity index (χ4v) is 4.91. The molecule has 0 radical (unpaired) electrons. The Balaban J connectivity index is 1.50. The van der Waals surface area contributed by atoms with Crippen molar-refractivity contribution in [3.8, 4) is 22.8 Å². The van der Waals surface area contributed by atoms with Gasteiger partial charge in [-0.15, -0.1) is 15.0 Å². The van der Waals surface area contributed by atoms with Gasteiger partial charge in [0.25, 0.3) is 5.91 Å². The minimum Gasteiger partial charge on any atom is -0.487 e. The van der Waals surface area contributed by atoms with Gasteiger partial charge in [0, 0.05) is 49.0 Å². The maximum Gasteiger partial charge on any atom is 0.257 e. The molecule has 39 heavy (non-hydrogen) atoms. The van der Waals surface area contributed by atoms with Crippen LogP contribution in [0.4, 0.5) is 0 Å². The number of tetrazole rings is 1. The molecular formula is C29H32ClN7O2. The second-order valence-electron chi connectivity index (χ2n) is 10.3. The average Bonchev–Trinajstić information content (AvgIpc) is 3.42. The highest BCUT2D eigenvalue weighted by molar-refractivity contribution is 6.30. The zero-order valence-electron chi connectivity index (χ0n) is 22.5. The smallest absolute Gasteiger partial charge is 0.257 e. The minimum absolute atomic E-state index is 0.0349. The van der Waals surface area contributed by atoms with Gasteiger partial charge in [0.1, 0.15) is 11.9 Å². The average molecular weight is 546 g/mol. The van der Waals surface area contributed by atoms with Crippen LogP contribution in [0.2, 0.25) is 5.02 Å². The molecule has 1 aliphatic rings. The van der Waals surface area contributed by atoms with Gasteiger partial charge in [-0.05, 0) is 68.1 Å². The highest BCUT2D eigenvalue weighted by Crippen LogP contribution is 2.36. The number of rotatable bonds is 7. The Morgan fingerprint density at radius 1 is 1.08 bits per heavy atom. The van der Waals surface area contributed by atoms with Crippen LogP contribution in [-0.2, 0) is 6.54 Å². The molecule has 0 fully saturated rings. The maximum absolute atomic E-state index is 13.7. The van der Waals surface area contributed by atoms with Crippen LogP contribution < -0.4 is 4.74 Å². The number of hydrogen-bond acceptors (Lipinski definition) is 7. The number of fused-ring (bicyclic) bond motifs is 1. The van der Waals surface area contributed by atoms with Crippen LogP contribution in [0.1, 0.15) is 36.7 Å². The summed E-state index contributed by atoms with van der Waals surface area (Å²) >= 11 is 6.07. The third-order valence-electron chi connectivity index (χ3n) is 6.92. The number of ether oxygens (including phenoxy) is 1. The summed E-state index contributed by atoms with van der Waals surface area (Å²) in [5.74, 6) is 0.877. The molecule has 3 heterocycles. The summed E-state index contributed by atoms with van der Waals surface area (Å²) in [6.45, 7) is 8.22. The molecule has 1 aliphatic heterocycles. The summed E-state index contributed by atoms with van der Waals surface area (Å²) in [6.07, 6.45) is 3.16. The molecule has 5 rings (SSSR count). The van der Waals surface area contributed by atoms with Gasteiger partial charge in [0.05, 0.1) is 16.8 Å². The van der Waals surface area contributed by atoms with Crippen LogP contribution in [0.3, 0.4) is 0 Å². The molecular weight excluding hydrogens is 514 g/mol. The van der Waals surface area contributed by atoms with Gasteiger partial charge >= 0.3 is 0 Å². The van der Waals surface area contributed by atoms with Gasteiger partial charge in [-0.1, -0.05) is 36.7 Å². The summed E-state index contributed by atoms with van der Waals surface area (Å²) in [6, 6.07) is 17.0. The van der Waals surface area contributed by atoms with E-state index in [0.29, 0.717) is 35.8 Å². The fraction of sp³-hybridized carbons (Fsp3) is 0.345. The van der Waals surface area contributed by atoms with Gasteiger partial charge in [-0.3, -0.25) is 14.7 Å². The minimum atomic E-state index is -0.188. The van der Waals surface area contributed by atoms with Crippen LogP contribution in [-0.4, -0.2) is 73.2 Å². The molecule has 0 bridgehead atoms. The van der Waals surface area contributed by atoms with Gasteiger partial charge in [-0.2, -0.15) is 0 Å². The lowest BCUT2D eigenvalue weighted by Crippen LogP contribution is -2.48. The van der Waals surface area contributed by atoms with Crippen molar-refractivity contribution < 1.29 is 9.53 Å². The zero-order chi connectivity index (χ0) is 27.5. The number of halogens is 1. The molecule has 2 atom stereocenters. The molecule has 0 saturated carbocycles. The predicted octanol–water partition coefficient (Wildman–Crippen LogP) is 4.76. The number of carbonyl (C=O) groups excluding carboxylic acids is 1. The van der Waals surface area contributed by atoms with Crippen molar-refractivity contribution in [1.29, 1.82) is 0 Å². The third kappa shape index (κ3) is 5.94. The first-order valence-corrected chi connectivity index (χ1v) is 13.4. The number of para-hydroxylation sites is 1. The summed E-state index contributed by atoms with van der Waals surface area (Å²) in [7, 11) is 2.07.